The van der Waals surface area contributed by atoms with Crippen LogP contribution in [0.25, 0.3) is 0 Å². The van der Waals surface area contributed by atoms with Gasteiger partial charge in [0, 0.05) is 19.6 Å². The summed E-state index contributed by atoms with van der Waals surface area (Å²) in [4.78, 5) is 0. The second kappa shape index (κ2) is 6.26. The van der Waals surface area contributed by atoms with E-state index in [0.29, 0.717) is 6.04 Å². The van der Waals surface area contributed by atoms with Crippen molar-refractivity contribution in [2.75, 3.05) is 0 Å². The van der Waals surface area contributed by atoms with E-state index in [-0.39, 0.29) is 0 Å². The van der Waals surface area contributed by atoms with Crippen molar-refractivity contribution in [3.8, 4) is 0 Å². The molecule has 1 atom stereocenters. The van der Waals surface area contributed by atoms with Gasteiger partial charge in [-0.05, 0) is 19.8 Å². The summed E-state index contributed by atoms with van der Waals surface area (Å²) in [5.74, 6) is 0. The van der Waals surface area contributed by atoms with Crippen LogP contribution < -0.4 is 5.32 Å². The Bertz CT molecular complexity index is 333. The first kappa shape index (κ1) is 13.5. The summed E-state index contributed by atoms with van der Waals surface area (Å²) < 4.78 is 1.86. The third kappa shape index (κ3) is 3.22. The maximum absolute atomic E-state index is 6.19. The molecule has 3 nitrogen and oxygen atoms in total. The van der Waals surface area contributed by atoms with Crippen molar-refractivity contribution in [1.82, 2.24) is 15.1 Å². The lowest BCUT2D eigenvalue weighted by Gasteiger charge is -2.16. The number of hydrogen-bond acceptors (Lipinski definition) is 2. The highest BCUT2D eigenvalue weighted by molar-refractivity contribution is 6.31. The van der Waals surface area contributed by atoms with E-state index in [1.165, 1.54) is 12.8 Å². The average Bonchev–Trinajstić information content (AvgIpc) is 2.49. The van der Waals surface area contributed by atoms with Gasteiger partial charge in [-0.2, -0.15) is 5.10 Å². The van der Waals surface area contributed by atoms with Gasteiger partial charge in [-0.3, -0.25) is 4.68 Å². The standard InChI is InChI=1S/C12H22ClN3/c1-5-7-10(6-2)14-8-11-12(13)9(3)15-16(11)4/h10,14H,5-8H2,1-4H3. The summed E-state index contributed by atoms with van der Waals surface area (Å²) in [6.45, 7) is 7.17. The second-order valence-corrected chi connectivity index (χ2v) is 4.62. The maximum Gasteiger partial charge on any atom is 0.0860 e. The molecule has 0 saturated carbocycles. The summed E-state index contributed by atoms with van der Waals surface area (Å²) in [5.41, 5.74) is 1.98. The van der Waals surface area contributed by atoms with Gasteiger partial charge in [-0.1, -0.05) is 31.9 Å². The van der Waals surface area contributed by atoms with Crippen LogP contribution in [0, 0.1) is 6.92 Å². The van der Waals surface area contributed by atoms with E-state index in [0.717, 1.165) is 29.4 Å². The van der Waals surface area contributed by atoms with Crippen LogP contribution in [-0.2, 0) is 13.6 Å². The van der Waals surface area contributed by atoms with Crippen LogP contribution in [0.4, 0.5) is 0 Å². The normalized spacial score (nSPS) is 13.1. The molecule has 0 aliphatic heterocycles. The fourth-order valence-corrected chi connectivity index (χ4v) is 2.14. The topological polar surface area (TPSA) is 29.9 Å². The summed E-state index contributed by atoms with van der Waals surface area (Å²) in [7, 11) is 1.94. The molecule has 0 fully saturated rings. The molecular formula is C12H22ClN3. The number of rotatable bonds is 6. The zero-order chi connectivity index (χ0) is 12.1. The van der Waals surface area contributed by atoms with Gasteiger partial charge in [0.25, 0.3) is 0 Å². The van der Waals surface area contributed by atoms with E-state index in [1.807, 2.05) is 18.7 Å². The van der Waals surface area contributed by atoms with Crippen LogP contribution in [0.3, 0.4) is 0 Å². The van der Waals surface area contributed by atoms with Crippen molar-refractivity contribution in [2.24, 2.45) is 7.05 Å². The van der Waals surface area contributed by atoms with Gasteiger partial charge >= 0.3 is 0 Å². The van der Waals surface area contributed by atoms with E-state index in [9.17, 15) is 0 Å². The number of nitrogens with zero attached hydrogens (tertiary/aromatic N) is 2. The van der Waals surface area contributed by atoms with Crippen molar-refractivity contribution < 1.29 is 0 Å². The molecule has 1 heterocycles. The molecule has 0 spiro atoms. The minimum absolute atomic E-state index is 0.580. The van der Waals surface area contributed by atoms with Crippen LogP contribution in [0.5, 0.6) is 0 Å². The largest absolute Gasteiger partial charge is 0.308 e. The van der Waals surface area contributed by atoms with E-state index < -0.39 is 0 Å². The van der Waals surface area contributed by atoms with E-state index in [4.69, 9.17) is 11.6 Å². The molecule has 0 saturated heterocycles. The van der Waals surface area contributed by atoms with Crippen molar-refractivity contribution in [3.63, 3.8) is 0 Å². The van der Waals surface area contributed by atoms with Gasteiger partial charge in [0.15, 0.2) is 0 Å². The molecule has 0 radical (unpaired) electrons. The Labute approximate surface area is 103 Å². The average molecular weight is 244 g/mol. The lowest BCUT2D eigenvalue weighted by molar-refractivity contribution is 0.453. The predicted molar refractivity (Wildman–Crippen MR) is 68.8 cm³/mol. The van der Waals surface area contributed by atoms with Gasteiger partial charge in [0.05, 0.1) is 16.4 Å². The summed E-state index contributed by atoms with van der Waals surface area (Å²) in [5, 5.41) is 8.63. The first-order chi connectivity index (χ1) is 7.60. The SMILES string of the molecule is CCCC(CC)NCc1c(Cl)c(C)nn1C. The molecule has 1 unspecified atom stereocenters. The van der Waals surface area contributed by atoms with E-state index >= 15 is 0 Å². The zero-order valence-corrected chi connectivity index (χ0v) is 11.4. The monoisotopic (exact) mass is 243 g/mol. The summed E-state index contributed by atoms with van der Waals surface area (Å²) >= 11 is 6.19. The Morgan fingerprint density at radius 1 is 1.44 bits per heavy atom. The van der Waals surface area contributed by atoms with E-state index in [1.54, 1.807) is 0 Å². The van der Waals surface area contributed by atoms with Gasteiger partial charge in [-0.25, -0.2) is 0 Å². The highest BCUT2D eigenvalue weighted by atomic mass is 35.5. The molecule has 1 aromatic heterocycles. The molecule has 0 aliphatic rings. The van der Waals surface area contributed by atoms with Crippen molar-refractivity contribution in [3.05, 3.63) is 16.4 Å². The molecule has 0 amide bonds. The van der Waals surface area contributed by atoms with Crippen molar-refractivity contribution in [1.29, 1.82) is 0 Å². The van der Waals surface area contributed by atoms with Gasteiger partial charge in [0.2, 0.25) is 0 Å². The van der Waals surface area contributed by atoms with Crippen LogP contribution in [0.2, 0.25) is 5.02 Å². The zero-order valence-electron chi connectivity index (χ0n) is 10.7. The number of aromatic nitrogens is 2. The number of hydrogen-bond donors (Lipinski definition) is 1. The molecule has 4 heteroatoms. The van der Waals surface area contributed by atoms with E-state index in [2.05, 4.69) is 24.3 Å². The van der Waals surface area contributed by atoms with Crippen molar-refractivity contribution >= 4 is 11.6 Å². The Kier molecular flexibility index (Phi) is 5.29. The minimum atomic E-state index is 0.580. The quantitative estimate of drug-likeness (QED) is 0.832. The Balaban J connectivity index is 2.59. The molecule has 0 bridgehead atoms. The van der Waals surface area contributed by atoms with Gasteiger partial charge in [0.1, 0.15) is 0 Å². The van der Waals surface area contributed by atoms with Crippen molar-refractivity contribution in [2.45, 2.75) is 52.6 Å². The fourth-order valence-electron chi connectivity index (χ4n) is 1.91. The number of nitrogens with one attached hydrogen (secondary N) is 1. The molecule has 1 N–H and O–H groups in total. The Hall–Kier alpha value is -0.540. The minimum Gasteiger partial charge on any atom is -0.308 e. The maximum atomic E-state index is 6.19. The highest BCUT2D eigenvalue weighted by Gasteiger charge is 2.12. The smallest absolute Gasteiger partial charge is 0.0860 e. The van der Waals surface area contributed by atoms with Crippen LogP contribution in [0.1, 0.15) is 44.5 Å². The summed E-state index contributed by atoms with van der Waals surface area (Å²) in [6, 6.07) is 0.580. The molecule has 92 valence electrons. The second-order valence-electron chi connectivity index (χ2n) is 4.24. The molecule has 1 aromatic rings. The molecule has 16 heavy (non-hydrogen) atoms. The molecule has 0 aromatic carbocycles. The van der Waals surface area contributed by atoms with Gasteiger partial charge < -0.3 is 5.32 Å². The Morgan fingerprint density at radius 3 is 2.56 bits per heavy atom. The number of aryl methyl sites for hydroxylation is 2. The fraction of sp³-hybridized carbons (Fsp3) is 0.750. The molecule has 0 aliphatic carbocycles. The molecule has 1 rings (SSSR count). The third-order valence-electron chi connectivity index (χ3n) is 2.95. The molecular weight excluding hydrogens is 222 g/mol. The first-order valence-corrected chi connectivity index (χ1v) is 6.39. The highest BCUT2D eigenvalue weighted by Crippen LogP contribution is 2.19. The van der Waals surface area contributed by atoms with Crippen LogP contribution in [0.15, 0.2) is 0 Å². The third-order valence-corrected chi connectivity index (χ3v) is 3.44. The Morgan fingerprint density at radius 2 is 2.12 bits per heavy atom. The van der Waals surface area contributed by atoms with Gasteiger partial charge in [-0.15, -0.1) is 0 Å². The van der Waals surface area contributed by atoms with Crippen LogP contribution >= 0.6 is 11.6 Å². The first-order valence-electron chi connectivity index (χ1n) is 6.01. The summed E-state index contributed by atoms with van der Waals surface area (Å²) in [6.07, 6.45) is 3.58. The van der Waals surface area contributed by atoms with Crippen LogP contribution in [-0.4, -0.2) is 15.8 Å². The lowest BCUT2D eigenvalue weighted by atomic mass is 10.1. The predicted octanol–water partition coefficient (Wildman–Crippen LogP) is 3.05. The lowest BCUT2D eigenvalue weighted by Crippen LogP contribution is -2.28. The number of halogens is 1.